The molecular weight excluding hydrogens is 284 g/mol. The Labute approximate surface area is 138 Å². The molecule has 23 heavy (non-hydrogen) atoms. The van der Waals surface area contributed by atoms with Crippen LogP contribution in [0.4, 0.5) is 0 Å². The third kappa shape index (κ3) is 4.42. The molecule has 1 aliphatic heterocycles. The number of carbonyl (C=O) groups is 1. The average Bonchev–Trinajstić information content (AvgIpc) is 2.62. The molecule has 3 heteroatoms. The molecule has 3 rings (SSSR count). The minimum Gasteiger partial charge on any atom is -0.337 e. The zero-order valence-electron chi connectivity index (χ0n) is 13.4. The third-order valence-corrected chi connectivity index (χ3v) is 4.46. The van der Waals surface area contributed by atoms with E-state index < -0.39 is 0 Å². The number of piperazine rings is 1. The van der Waals surface area contributed by atoms with E-state index in [1.807, 2.05) is 24.3 Å². The van der Waals surface area contributed by atoms with Crippen LogP contribution in [-0.4, -0.2) is 36.5 Å². The molecule has 120 valence electrons. The summed E-state index contributed by atoms with van der Waals surface area (Å²) in [5.74, 6) is 0.274. The normalized spacial score (nSPS) is 17.9. The summed E-state index contributed by atoms with van der Waals surface area (Å²) < 4.78 is 0. The summed E-state index contributed by atoms with van der Waals surface area (Å²) in [6, 6.07) is 20.9. The lowest BCUT2D eigenvalue weighted by atomic mass is 10.0. The van der Waals surface area contributed by atoms with Crippen molar-refractivity contribution in [1.82, 2.24) is 10.2 Å². The monoisotopic (exact) mass is 308 g/mol. The Bertz CT molecular complexity index is 612. The lowest BCUT2D eigenvalue weighted by molar-refractivity contribution is -0.134. The number of carbonyl (C=O) groups excluding carboxylic acids is 1. The molecular formula is C20H24N2O. The van der Waals surface area contributed by atoms with Crippen LogP contribution >= 0.6 is 0 Å². The van der Waals surface area contributed by atoms with E-state index in [1.165, 1.54) is 11.1 Å². The van der Waals surface area contributed by atoms with Gasteiger partial charge in [-0.25, -0.2) is 0 Å². The summed E-state index contributed by atoms with van der Waals surface area (Å²) in [6.07, 6.45) is 2.34. The fourth-order valence-electron chi connectivity index (χ4n) is 3.20. The van der Waals surface area contributed by atoms with Gasteiger partial charge in [-0.2, -0.15) is 0 Å². The van der Waals surface area contributed by atoms with Crippen molar-refractivity contribution in [3.05, 3.63) is 71.8 Å². The Morgan fingerprint density at radius 2 is 1.65 bits per heavy atom. The molecule has 2 aromatic carbocycles. The van der Waals surface area contributed by atoms with Crippen LogP contribution in [0.1, 0.15) is 17.5 Å². The van der Waals surface area contributed by atoms with Gasteiger partial charge in [0.15, 0.2) is 0 Å². The first-order chi connectivity index (χ1) is 11.3. The lowest BCUT2D eigenvalue weighted by Crippen LogP contribution is -2.54. The van der Waals surface area contributed by atoms with E-state index in [-0.39, 0.29) is 11.9 Å². The molecule has 1 atom stereocenters. The largest absolute Gasteiger partial charge is 0.337 e. The van der Waals surface area contributed by atoms with Crippen molar-refractivity contribution in [3.8, 4) is 0 Å². The molecule has 1 N–H and O–H groups in total. The Balaban J connectivity index is 1.60. The maximum Gasteiger partial charge on any atom is 0.223 e. The minimum atomic E-state index is 0.259. The Kier molecular flexibility index (Phi) is 5.43. The number of benzene rings is 2. The van der Waals surface area contributed by atoms with Crippen LogP contribution in [0.15, 0.2) is 60.7 Å². The van der Waals surface area contributed by atoms with Crippen molar-refractivity contribution in [3.63, 3.8) is 0 Å². The van der Waals surface area contributed by atoms with E-state index in [1.54, 1.807) is 0 Å². The molecule has 0 spiro atoms. The van der Waals surface area contributed by atoms with Crippen LogP contribution in [0.25, 0.3) is 0 Å². The second-order valence-corrected chi connectivity index (χ2v) is 6.12. The molecule has 1 saturated heterocycles. The Morgan fingerprint density at radius 1 is 1.00 bits per heavy atom. The van der Waals surface area contributed by atoms with Gasteiger partial charge in [0.25, 0.3) is 0 Å². The van der Waals surface area contributed by atoms with Crippen molar-refractivity contribution in [2.75, 3.05) is 19.6 Å². The standard InChI is InChI=1S/C20H24N2O/c23-20(12-11-17-7-3-1-4-8-17)22-14-13-21-16-19(22)15-18-9-5-2-6-10-18/h1-10,19,21H,11-16H2/t19-/m1/s1. The van der Waals surface area contributed by atoms with Crippen LogP contribution < -0.4 is 5.32 Å². The van der Waals surface area contributed by atoms with Crippen LogP contribution in [0, 0.1) is 0 Å². The predicted molar refractivity (Wildman–Crippen MR) is 93.3 cm³/mol. The Hall–Kier alpha value is -2.13. The first-order valence-corrected chi connectivity index (χ1v) is 8.41. The summed E-state index contributed by atoms with van der Waals surface area (Å²) in [5.41, 5.74) is 2.53. The van der Waals surface area contributed by atoms with Crippen molar-refractivity contribution < 1.29 is 4.79 Å². The number of aryl methyl sites for hydroxylation is 1. The fraction of sp³-hybridized carbons (Fsp3) is 0.350. The summed E-state index contributed by atoms with van der Waals surface area (Å²) in [7, 11) is 0. The fourth-order valence-corrected chi connectivity index (χ4v) is 3.20. The maximum atomic E-state index is 12.7. The summed E-state index contributed by atoms with van der Waals surface area (Å²) in [4.78, 5) is 14.7. The highest BCUT2D eigenvalue weighted by Crippen LogP contribution is 2.14. The summed E-state index contributed by atoms with van der Waals surface area (Å²) >= 11 is 0. The van der Waals surface area contributed by atoms with Gasteiger partial charge < -0.3 is 10.2 Å². The summed E-state index contributed by atoms with van der Waals surface area (Å²) in [6.45, 7) is 2.58. The van der Waals surface area contributed by atoms with Gasteiger partial charge in [0.2, 0.25) is 5.91 Å². The molecule has 3 nitrogen and oxygen atoms in total. The van der Waals surface area contributed by atoms with Gasteiger partial charge in [-0.3, -0.25) is 4.79 Å². The second-order valence-electron chi connectivity index (χ2n) is 6.12. The van der Waals surface area contributed by atoms with E-state index in [4.69, 9.17) is 0 Å². The van der Waals surface area contributed by atoms with Crippen molar-refractivity contribution in [1.29, 1.82) is 0 Å². The highest BCUT2D eigenvalue weighted by atomic mass is 16.2. The smallest absolute Gasteiger partial charge is 0.223 e. The van der Waals surface area contributed by atoms with E-state index >= 15 is 0 Å². The number of amides is 1. The van der Waals surface area contributed by atoms with Crippen LogP contribution in [0.2, 0.25) is 0 Å². The topological polar surface area (TPSA) is 32.3 Å². The average molecular weight is 308 g/mol. The molecule has 1 aliphatic rings. The molecule has 1 fully saturated rings. The Morgan fingerprint density at radius 3 is 2.35 bits per heavy atom. The zero-order valence-corrected chi connectivity index (χ0v) is 13.4. The molecule has 0 unspecified atom stereocenters. The van der Waals surface area contributed by atoms with Gasteiger partial charge in [0.05, 0.1) is 0 Å². The number of rotatable bonds is 5. The minimum absolute atomic E-state index is 0.259. The van der Waals surface area contributed by atoms with E-state index in [2.05, 4.69) is 46.6 Å². The van der Waals surface area contributed by atoms with E-state index in [0.29, 0.717) is 6.42 Å². The predicted octanol–water partition coefficient (Wildman–Crippen LogP) is 2.66. The van der Waals surface area contributed by atoms with Crippen molar-refractivity contribution in [2.45, 2.75) is 25.3 Å². The van der Waals surface area contributed by atoms with Gasteiger partial charge in [-0.05, 0) is 24.0 Å². The molecule has 1 amide bonds. The first kappa shape index (κ1) is 15.8. The van der Waals surface area contributed by atoms with Gasteiger partial charge in [-0.1, -0.05) is 60.7 Å². The second kappa shape index (κ2) is 7.93. The molecule has 0 aliphatic carbocycles. The van der Waals surface area contributed by atoms with Crippen LogP contribution in [-0.2, 0) is 17.6 Å². The molecule has 1 heterocycles. The SMILES string of the molecule is O=C(CCc1ccccc1)N1CCNC[C@H]1Cc1ccccc1. The molecule has 0 radical (unpaired) electrons. The molecule has 0 bridgehead atoms. The molecule has 2 aromatic rings. The van der Waals surface area contributed by atoms with Crippen molar-refractivity contribution in [2.24, 2.45) is 0 Å². The van der Waals surface area contributed by atoms with E-state index in [0.717, 1.165) is 32.5 Å². The lowest BCUT2D eigenvalue weighted by Gasteiger charge is -2.36. The van der Waals surface area contributed by atoms with Gasteiger partial charge in [-0.15, -0.1) is 0 Å². The quantitative estimate of drug-likeness (QED) is 0.921. The molecule has 0 aromatic heterocycles. The number of hydrogen-bond donors (Lipinski definition) is 1. The van der Waals surface area contributed by atoms with Crippen LogP contribution in [0.3, 0.4) is 0 Å². The number of nitrogens with zero attached hydrogens (tertiary/aromatic N) is 1. The highest BCUT2D eigenvalue weighted by Gasteiger charge is 2.26. The van der Waals surface area contributed by atoms with Gasteiger partial charge in [0.1, 0.15) is 0 Å². The van der Waals surface area contributed by atoms with Crippen molar-refractivity contribution >= 4 is 5.91 Å². The van der Waals surface area contributed by atoms with Gasteiger partial charge in [0, 0.05) is 32.1 Å². The zero-order chi connectivity index (χ0) is 15.9. The molecule has 0 saturated carbocycles. The third-order valence-electron chi connectivity index (χ3n) is 4.46. The van der Waals surface area contributed by atoms with E-state index in [9.17, 15) is 4.79 Å². The summed E-state index contributed by atoms with van der Waals surface area (Å²) in [5, 5.41) is 3.42. The number of nitrogens with one attached hydrogen (secondary N) is 1. The number of hydrogen-bond acceptors (Lipinski definition) is 2. The first-order valence-electron chi connectivity index (χ1n) is 8.41. The highest BCUT2D eigenvalue weighted by molar-refractivity contribution is 5.77. The maximum absolute atomic E-state index is 12.7. The van der Waals surface area contributed by atoms with Crippen LogP contribution in [0.5, 0.6) is 0 Å². The van der Waals surface area contributed by atoms with Gasteiger partial charge >= 0.3 is 0 Å².